The van der Waals surface area contributed by atoms with Crippen LogP contribution < -0.4 is 88.7 Å². The van der Waals surface area contributed by atoms with Crippen molar-refractivity contribution in [3.63, 3.8) is 0 Å². The molecular weight excluding hydrogens is 721 g/mol. The van der Waals surface area contributed by atoms with Crippen molar-refractivity contribution in [2.75, 3.05) is 0 Å². The molecule has 0 aliphatic heterocycles. The average Bonchev–Trinajstić information content (AvgIpc) is 3.10. The number of hydrogen-bond acceptors (Lipinski definition) is 13. The zero-order chi connectivity index (χ0) is 34.1. The maximum Gasteiger partial charge on any atom is 1.00 e. The van der Waals surface area contributed by atoms with Crippen molar-refractivity contribution in [1.82, 2.24) is 0 Å². The van der Waals surface area contributed by atoms with E-state index in [4.69, 9.17) is 8.37 Å². The van der Waals surface area contributed by atoms with E-state index in [-0.39, 0.29) is 136 Å². The standard InChI is InChI=1S/C29H52O13S3.3Na/c1-16(8-9-17(2)27(3,4)5)20-13-22(30)26-18-12-23(40-43(31,32)33)21-14-24(41-44(34,35)36)25(42-45(37,38)39)15-29(21,7)19(18)10-11-28(20,26)6;;;/h16-26,30H,8-15H2,1-7H3,(H,31,32,33)(H,34,35,36)(H,37,38,39);;;/q;3*+1/p-3/t16-,17?,18?,19?,20-,21-,22+,23+,24+,25+,26?,28-,29-;;;/m1.../s1. The Hall–Kier alpha value is 2.57. The Morgan fingerprint density at radius 3 is 1.75 bits per heavy atom. The smallest absolute Gasteiger partial charge is 0.726 e. The molecule has 4 saturated carbocycles. The van der Waals surface area contributed by atoms with Crippen molar-refractivity contribution in [1.29, 1.82) is 0 Å². The SMILES string of the molecule is CC(CC[C@@H](C)[C@H]1C[C@H](O)C2C3C[C@H](OS(=O)(=O)[O-])[C@H]4C[C@H](OS(=O)(=O)[O-])[C@@H](OS(=O)(=O)[O-])C[C@]4(C)C3CC[C@@]21C)C(C)(C)C.[Na+].[Na+].[Na+]. The Morgan fingerprint density at radius 2 is 1.25 bits per heavy atom. The number of aliphatic hydroxyl groups excluding tert-OH is 1. The Morgan fingerprint density at radius 1 is 0.750 bits per heavy atom. The first-order valence-electron chi connectivity index (χ1n) is 15.9. The van der Waals surface area contributed by atoms with Crippen LogP contribution >= 0.6 is 0 Å². The number of hydrogen-bond donors (Lipinski definition) is 1. The molecule has 4 rings (SSSR count). The van der Waals surface area contributed by atoms with Crippen molar-refractivity contribution < 1.29 is 145 Å². The molecule has 13 atom stereocenters. The van der Waals surface area contributed by atoms with Gasteiger partial charge in [-0.2, -0.15) is 0 Å². The summed E-state index contributed by atoms with van der Waals surface area (Å²) >= 11 is 0. The van der Waals surface area contributed by atoms with Crippen LogP contribution in [0.5, 0.6) is 0 Å². The van der Waals surface area contributed by atoms with Gasteiger partial charge in [0.2, 0.25) is 31.2 Å². The van der Waals surface area contributed by atoms with Gasteiger partial charge < -0.3 is 18.8 Å². The number of fused-ring (bicyclic) bond motifs is 5. The van der Waals surface area contributed by atoms with Crippen molar-refractivity contribution in [3.05, 3.63) is 0 Å². The van der Waals surface area contributed by atoms with E-state index >= 15 is 0 Å². The van der Waals surface area contributed by atoms with E-state index < -0.39 is 73.4 Å². The van der Waals surface area contributed by atoms with Crippen molar-refractivity contribution in [2.45, 2.75) is 124 Å². The van der Waals surface area contributed by atoms with E-state index in [2.05, 4.69) is 45.7 Å². The zero-order valence-electron chi connectivity index (χ0n) is 30.1. The minimum atomic E-state index is -5.39. The third kappa shape index (κ3) is 11.1. The normalized spacial score (nSPS) is 39.7. The molecule has 0 radical (unpaired) electrons. The van der Waals surface area contributed by atoms with E-state index in [1.807, 2.05) is 0 Å². The maximum absolute atomic E-state index is 11.9. The van der Waals surface area contributed by atoms with Crippen LogP contribution in [0.25, 0.3) is 0 Å². The molecule has 1 N–H and O–H groups in total. The van der Waals surface area contributed by atoms with Gasteiger partial charge in [-0.25, -0.2) is 25.3 Å². The third-order valence-corrected chi connectivity index (χ3v) is 14.1. The van der Waals surface area contributed by atoms with Crippen LogP contribution in [0, 0.1) is 57.7 Å². The second kappa shape index (κ2) is 17.2. The molecule has 13 nitrogen and oxygen atoms in total. The van der Waals surface area contributed by atoms with Gasteiger partial charge in [-0.1, -0.05) is 54.9 Å². The van der Waals surface area contributed by atoms with Gasteiger partial charge in [0.15, 0.2) is 0 Å². The van der Waals surface area contributed by atoms with Crippen LogP contribution in [-0.2, 0) is 43.7 Å². The van der Waals surface area contributed by atoms with Gasteiger partial charge in [-0.15, -0.1) is 0 Å². The zero-order valence-corrected chi connectivity index (χ0v) is 38.5. The average molecular weight is 771 g/mol. The number of aliphatic hydroxyl groups is 1. The Labute approximate surface area is 354 Å². The van der Waals surface area contributed by atoms with Gasteiger partial charge in [0, 0.05) is 0 Å². The summed E-state index contributed by atoms with van der Waals surface area (Å²) in [6.45, 7) is 15.1. The molecule has 4 unspecified atom stereocenters. The fourth-order valence-corrected chi connectivity index (χ4v) is 11.7. The Balaban J connectivity index is 0.00000384. The Kier molecular flexibility index (Phi) is 17.4. The second-order valence-corrected chi connectivity index (χ2v) is 19.0. The van der Waals surface area contributed by atoms with E-state index in [9.17, 15) is 44.0 Å². The van der Waals surface area contributed by atoms with Gasteiger partial charge in [0.1, 0.15) is 12.2 Å². The van der Waals surface area contributed by atoms with E-state index in [1.165, 1.54) is 0 Å². The molecule has 4 aliphatic rings. The predicted octanol–water partition coefficient (Wildman–Crippen LogP) is -5.52. The largest absolute Gasteiger partial charge is 1.00 e. The van der Waals surface area contributed by atoms with Gasteiger partial charge in [0.25, 0.3) is 0 Å². The van der Waals surface area contributed by atoms with Crippen LogP contribution in [0.2, 0.25) is 0 Å². The summed E-state index contributed by atoms with van der Waals surface area (Å²) in [7, 11) is -16.0. The summed E-state index contributed by atoms with van der Waals surface area (Å²) < 4.78 is 120. The van der Waals surface area contributed by atoms with Gasteiger partial charge in [-0.05, 0) is 103 Å². The minimum Gasteiger partial charge on any atom is -0.726 e. The van der Waals surface area contributed by atoms with Crippen molar-refractivity contribution in [3.8, 4) is 0 Å². The summed E-state index contributed by atoms with van der Waals surface area (Å²) in [4.78, 5) is 0. The van der Waals surface area contributed by atoms with E-state index in [1.54, 1.807) is 6.92 Å². The summed E-state index contributed by atoms with van der Waals surface area (Å²) in [6.07, 6.45) is -2.01. The first-order valence-corrected chi connectivity index (χ1v) is 19.9. The van der Waals surface area contributed by atoms with Crippen LogP contribution in [0.3, 0.4) is 0 Å². The quantitative estimate of drug-likeness (QED) is 0.125. The molecule has 264 valence electrons. The van der Waals surface area contributed by atoms with Crippen molar-refractivity contribution >= 4 is 31.2 Å². The van der Waals surface area contributed by atoms with Crippen LogP contribution in [0.4, 0.5) is 0 Å². The maximum atomic E-state index is 11.9. The second-order valence-electron chi connectivity index (χ2n) is 16.0. The van der Waals surface area contributed by atoms with E-state index in [0.29, 0.717) is 24.7 Å². The minimum absolute atomic E-state index is 0. The predicted molar refractivity (Wildman–Crippen MR) is 158 cm³/mol. The Bertz CT molecular complexity index is 1420. The molecule has 0 spiro atoms. The molecule has 4 aliphatic carbocycles. The molecule has 0 saturated heterocycles. The molecule has 19 heteroatoms. The summed E-state index contributed by atoms with van der Waals surface area (Å²) in [5.74, 6) is -0.727. The number of rotatable bonds is 10. The monoisotopic (exact) mass is 770 g/mol. The molecule has 0 heterocycles. The topological polar surface area (TPSA) is 220 Å². The summed E-state index contributed by atoms with van der Waals surface area (Å²) in [6, 6.07) is 0. The molecular formula is C29H49Na3O13S3. The van der Waals surface area contributed by atoms with Crippen LogP contribution in [0.1, 0.15) is 99.8 Å². The summed E-state index contributed by atoms with van der Waals surface area (Å²) in [5.41, 5.74) is -1.16. The molecule has 0 aromatic carbocycles. The van der Waals surface area contributed by atoms with Gasteiger partial charge in [0.05, 0.1) is 12.2 Å². The fraction of sp³-hybridized carbons (Fsp3) is 1.00. The molecule has 0 amide bonds. The first-order chi connectivity index (χ1) is 20.3. The molecule has 0 aromatic heterocycles. The fourth-order valence-electron chi connectivity index (χ4n) is 10.2. The van der Waals surface area contributed by atoms with Crippen molar-refractivity contribution in [2.24, 2.45) is 57.7 Å². The first kappa shape index (κ1) is 48.6. The summed E-state index contributed by atoms with van der Waals surface area (Å²) in [5, 5.41) is 11.6. The molecule has 48 heavy (non-hydrogen) atoms. The van der Waals surface area contributed by atoms with Gasteiger partial charge in [-0.3, -0.25) is 12.5 Å². The van der Waals surface area contributed by atoms with E-state index in [0.717, 1.165) is 19.3 Å². The molecule has 0 bridgehead atoms. The third-order valence-electron chi connectivity index (χ3n) is 12.6. The van der Waals surface area contributed by atoms with Crippen LogP contribution in [-0.4, -0.2) is 68.4 Å². The van der Waals surface area contributed by atoms with Gasteiger partial charge >= 0.3 is 88.7 Å². The molecule has 0 aromatic rings. The molecule has 4 fully saturated rings. The van der Waals surface area contributed by atoms with Crippen LogP contribution in [0.15, 0.2) is 0 Å².